The van der Waals surface area contributed by atoms with Gasteiger partial charge in [-0.15, -0.1) is 10.2 Å². The molecular weight excluding hydrogens is 320 g/mol. The Hall–Kier alpha value is -1.82. The smallest absolute Gasteiger partial charge is 0.230 e. The highest BCUT2D eigenvalue weighted by Gasteiger charge is 2.29. The molecule has 1 saturated carbocycles. The standard InChI is InChI=1S/C18H24N4OS/c1-3-7-15(13-8-5-4-6-9-13)19-16(23)12-24-18-21-20-17(22(18)2)14-10-11-14/h4-6,8-9,14-15H,3,7,10-12H2,1-2H3,(H,19,23)/t15-/m0/s1. The molecule has 1 aliphatic rings. The van der Waals surface area contributed by atoms with Crippen LogP contribution >= 0.6 is 11.8 Å². The van der Waals surface area contributed by atoms with E-state index in [-0.39, 0.29) is 11.9 Å². The lowest BCUT2D eigenvalue weighted by molar-refractivity contribution is -0.119. The van der Waals surface area contributed by atoms with Crippen LogP contribution in [0.15, 0.2) is 35.5 Å². The lowest BCUT2D eigenvalue weighted by atomic mass is 10.0. The first-order valence-electron chi connectivity index (χ1n) is 8.55. The number of carbonyl (C=O) groups excluding carboxylic acids is 1. The van der Waals surface area contributed by atoms with E-state index in [4.69, 9.17) is 0 Å². The van der Waals surface area contributed by atoms with Crippen molar-refractivity contribution < 1.29 is 4.79 Å². The average Bonchev–Trinajstić information content (AvgIpc) is 3.37. The van der Waals surface area contributed by atoms with Crippen molar-refractivity contribution in [3.8, 4) is 0 Å². The van der Waals surface area contributed by atoms with Crippen molar-refractivity contribution in [1.29, 1.82) is 0 Å². The molecule has 1 amide bonds. The van der Waals surface area contributed by atoms with E-state index in [9.17, 15) is 4.79 Å². The van der Waals surface area contributed by atoms with Gasteiger partial charge >= 0.3 is 0 Å². The van der Waals surface area contributed by atoms with E-state index >= 15 is 0 Å². The Morgan fingerprint density at radius 2 is 2.08 bits per heavy atom. The number of benzene rings is 1. The van der Waals surface area contributed by atoms with Crippen molar-refractivity contribution in [3.63, 3.8) is 0 Å². The van der Waals surface area contributed by atoms with Gasteiger partial charge in [0.2, 0.25) is 5.91 Å². The molecule has 1 heterocycles. The van der Waals surface area contributed by atoms with E-state index in [1.54, 1.807) is 0 Å². The van der Waals surface area contributed by atoms with Crippen LogP contribution in [-0.4, -0.2) is 26.4 Å². The SMILES string of the molecule is CCC[C@H](NC(=O)CSc1nnc(C2CC2)n1C)c1ccccc1. The average molecular weight is 344 g/mol. The van der Waals surface area contributed by atoms with Gasteiger partial charge in [0.15, 0.2) is 5.16 Å². The van der Waals surface area contributed by atoms with Gasteiger partial charge in [0.05, 0.1) is 11.8 Å². The molecule has 1 atom stereocenters. The molecule has 2 aromatic rings. The third-order valence-electron chi connectivity index (χ3n) is 4.26. The maximum atomic E-state index is 12.3. The van der Waals surface area contributed by atoms with Crippen LogP contribution in [0.1, 0.15) is 56.0 Å². The fourth-order valence-electron chi connectivity index (χ4n) is 2.81. The molecule has 0 aliphatic heterocycles. The number of rotatable bonds is 8. The Bertz CT molecular complexity index is 682. The topological polar surface area (TPSA) is 59.8 Å². The number of amides is 1. The largest absolute Gasteiger partial charge is 0.349 e. The summed E-state index contributed by atoms with van der Waals surface area (Å²) in [6.07, 6.45) is 4.37. The molecule has 24 heavy (non-hydrogen) atoms. The van der Waals surface area contributed by atoms with Crippen LogP contribution in [0.3, 0.4) is 0 Å². The van der Waals surface area contributed by atoms with Crippen molar-refractivity contribution >= 4 is 17.7 Å². The molecule has 1 fully saturated rings. The Labute approximate surface area is 147 Å². The summed E-state index contributed by atoms with van der Waals surface area (Å²) in [6.45, 7) is 2.13. The van der Waals surface area contributed by atoms with Crippen molar-refractivity contribution in [2.24, 2.45) is 7.05 Å². The zero-order valence-corrected chi connectivity index (χ0v) is 15.1. The number of nitrogens with one attached hydrogen (secondary N) is 1. The number of carbonyl (C=O) groups is 1. The van der Waals surface area contributed by atoms with Gasteiger partial charge in [0.25, 0.3) is 0 Å². The Balaban J connectivity index is 1.56. The van der Waals surface area contributed by atoms with Crippen molar-refractivity contribution in [1.82, 2.24) is 20.1 Å². The quantitative estimate of drug-likeness (QED) is 0.745. The van der Waals surface area contributed by atoms with Gasteiger partial charge in [-0.25, -0.2) is 0 Å². The molecule has 1 aromatic heterocycles. The van der Waals surface area contributed by atoms with Gasteiger partial charge in [0.1, 0.15) is 5.82 Å². The van der Waals surface area contributed by atoms with Gasteiger partial charge in [-0.05, 0) is 24.8 Å². The first kappa shape index (κ1) is 17.0. The van der Waals surface area contributed by atoms with Crippen LogP contribution in [0.2, 0.25) is 0 Å². The van der Waals surface area contributed by atoms with Gasteiger partial charge in [-0.2, -0.15) is 0 Å². The molecule has 128 valence electrons. The lowest BCUT2D eigenvalue weighted by Crippen LogP contribution is -2.30. The number of nitrogens with zero attached hydrogens (tertiary/aromatic N) is 3. The molecule has 0 spiro atoms. The van der Waals surface area contributed by atoms with E-state index < -0.39 is 0 Å². The number of hydrogen-bond donors (Lipinski definition) is 1. The van der Waals surface area contributed by atoms with Crippen LogP contribution < -0.4 is 5.32 Å². The minimum atomic E-state index is 0.0401. The van der Waals surface area contributed by atoms with E-state index in [1.165, 1.54) is 24.6 Å². The van der Waals surface area contributed by atoms with Crippen LogP contribution in [0, 0.1) is 0 Å². The van der Waals surface area contributed by atoms with Crippen molar-refractivity contribution in [2.45, 2.75) is 49.7 Å². The monoisotopic (exact) mass is 344 g/mol. The molecule has 0 radical (unpaired) electrons. The second-order valence-electron chi connectivity index (χ2n) is 6.28. The molecule has 0 saturated heterocycles. The summed E-state index contributed by atoms with van der Waals surface area (Å²) in [4.78, 5) is 12.3. The molecule has 3 rings (SSSR count). The van der Waals surface area contributed by atoms with Crippen molar-refractivity contribution in [2.75, 3.05) is 5.75 Å². The zero-order valence-electron chi connectivity index (χ0n) is 14.2. The predicted octanol–water partition coefficient (Wildman–Crippen LogP) is 3.44. The molecule has 0 bridgehead atoms. The third-order valence-corrected chi connectivity index (χ3v) is 5.28. The molecular formula is C18H24N4OS. The normalized spacial score (nSPS) is 15.2. The predicted molar refractivity (Wildman–Crippen MR) is 95.9 cm³/mol. The Morgan fingerprint density at radius 1 is 1.33 bits per heavy atom. The second-order valence-corrected chi connectivity index (χ2v) is 7.22. The molecule has 0 unspecified atom stereocenters. The molecule has 1 N–H and O–H groups in total. The van der Waals surface area contributed by atoms with Crippen molar-refractivity contribution in [3.05, 3.63) is 41.7 Å². The lowest BCUT2D eigenvalue weighted by Gasteiger charge is -2.18. The van der Waals surface area contributed by atoms with Gasteiger partial charge in [-0.1, -0.05) is 55.4 Å². The van der Waals surface area contributed by atoms with Crippen LogP contribution in [-0.2, 0) is 11.8 Å². The maximum Gasteiger partial charge on any atom is 0.230 e. The highest BCUT2D eigenvalue weighted by molar-refractivity contribution is 7.99. The van der Waals surface area contributed by atoms with Gasteiger partial charge in [-0.3, -0.25) is 4.79 Å². The number of hydrogen-bond acceptors (Lipinski definition) is 4. The minimum absolute atomic E-state index is 0.0401. The second kappa shape index (κ2) is 7.83. The van der Waals surface area contributed by atoms with E-state index in [2.05, 4.69) is 34.6 Å². The zero-order chi connectivity index (χ0) is 16.9. The highest BCUT2D eigenvalue weighted by atomic mass is 32.2. The molecule has 1 aliphatic carbocycles. The van der Waals surface area contributed by atoms with Crippen LogP contribution in [0.5, 0.6) is 0 Å². The molecule has 1 aromatic carbocycles. The molecule has 6 heteroatoms. The van der Waals surface area contributed by atoms with E-state index in [0.29, 0.717) is 11.7 Å². The van der Waals surface area contributed by atoms with Crippen LogP contribution in [0.25, 0.3) is 0 Å². The minimum Gasteiger partial charge on any atom is -0.349 e. The summed E-state index contributed by atoms with van der Waals surface area (Å²) in [6, 6.07) is 10.2. The first-order valence-corrected chi connectivity index (χ1v) is 9.54. The number of aromatic nitrogens is 3. The van der Waals surface area contributed by atoms with Gasteiger partial charge < -0.3 is 9.88 Å². The summed E-state index contributed by atoms with van der Waals surface area (Å²) < 4.78 is 2.02. The maximum absolute atomic E-state index is 12.3. The Kier molecular flexibility index (Phi) is 5.56. The summed E-state index contributed by atoms with van der Waals surface area (Å²) >= 11 is 1.45. The molecule has 5 nitrogen and oxygen atoms in total. The fourth-order valence-corrected chi connectivity index (χ4v) is 3.54. The first-order chi connectivity index (χ1) is 11.7. The summed E-state index contributed by atoms with van der Waals surface area (Å²) in [7, 11) is 1.98. The van der Waals surface area contributed by atoms with E-state index in [0.717, 1.165) is 29.4 Å². The van der Waals surface area contributed by atoms with Gasteiger partial charge in [0, 0.05) is 13.0 Å². The number of thioether (sulfide) groups is 1. The summed E-state index contributed by atoms with van der Waals surface area (Å²) in [5.74, 6) is 2.02. The fraction of sp³-hybridized carbons (Fsp3) is 0.500. The highest BCUT2D eigenvalue weighted by Crippen LogP contribution is 2.39. The summed E-state index contributed by atoms with van der Waals surface area (Å²) in [5, 5.41) is 12.4. The van der Waals surface area contributed by atoms with Crippen LogP contribution in [0.4, 0.5) is 0 Å². The Morgan fingerprint density at radius 3 is 2.75 bits per heavy atom. The van der Waals surface area contributed by atoms with E-state index in [1.807, 2.05) is 29.8 Å². The third kappa shape index (κ3) is 4.17. The summed E-state index contributed by atoms with van der Waals surface area (Å²) in [5.41, 5.74) is 1.16.